The summed E-state index contributed by atoms with van der Waals surface area (Å²) >= 11 is 0. The molecule has 1 saturated heterocycles. The second-order valence-corrected chi connectivity index (χ2v) is 6.70. The Labute approximate surface area is 152 Å². The molecule has 1 heterocycles. The Kier molecular flexibility index (Phi) is 6.96. The van der Waals surface area contributed by atoms with Crippen molar-refractivity contribution < 1.29 is 28.7 Å². The maximum Gasteiger partial charge on any atom is 0.325 e. The first-order valence-electron chi connectivity index (χ1n) is 9.00. The number of urea groups is 1. The van der Waals surface area contributed by atoms with Gasteiger partial charge in [-0.1, -0.05) is 12.8 Å². The molecular weight excluding hydrogens is 342 g/mol. The van der Waals surface area contributed by atoms with Gasteiger partial charge in [0.15, 0.2) is 6.10 Å². The molecule has 1 aliphatic carbocycles. The van der Waals surface area contributed by atoms with E-state index in [1.54, 1.807) is 0 Å². The highest BCUT2D eigenvalue weighted by Crippen LogP contribution is 2.35. The van der Waals surface area contributed by atoms with E-state index in [1.165, 1.54) is 18.9 Å². The van der Waals surface area contributed by atoms with Crippen LogP contribution < -0.4 is 10.6 Å². The molecule has 0 unspecified atom stereocenters. The van der Waals surface area contributed by atoms with Crippen molar-refractivity contribution in [1.29, 1.82) is 0 Å². The van der Waals surface area contributed by atoms with Crippen LogP contribution in [0.1, 0.15) is 45.4 Å². The van der Waals surface area contributed by atoms with Crippen LogP contribution in [0.2, 0.25) is 0 Å². The van der Waals surface area contributed by atoms with E-state index in [9.17, 15) is 19.2 Å². The minimum atomic E-state index is -0.905. The summed E-state index contributed by atoms with van der Waals surface area (Å²) in [5, 5.41) is 5.38. The van der Waals surface area contributed by atoms with Gasteiger partial charge >= 0.3 is 12.0 Å². The number of nitrogens with zero attached hydrogens (tertiary/aromatic N) is 1. The van der Waals surface area contributed by atoms with Crippen LogP contribution in [-0.4, -0.2) is 67.2 Å². The fourth-order valence-electron chi connectivity index (χ4n) is 3.31. The van der Waals surface area contributed by atoms with E-state index in [2.05, 4.69) is 10.6 Å². The molecule has 9 nitrogen and oxygen atoms in total. The number of rotatable bonds is 9. The molecule has 4 amide bonds. The summed E-state index contributed by atoms with van der Waals surface area (Å²) in [5.74, 6) is -1.13. The lowest BCUT2D eigenvalue weighted by atomic mass is 9.98. The molecule has 0 aromatic heterocycles. The molecule has 2 N–H and O–H groups in total. The van der Waals surface area contributed by atoms with E-state index in [1.807, 2.05) is 0 Å². The van der Waals surface area contributed by atoms with Crippen molar-refractivity contribution in [2.24, 2.45) is 0 Å². The first-order chi connectivity index (χ1) is 12.4. The second-order valence-electron chi connectivity index (χ2n) is 6.70. The highest BCUT2D eigenvalue weighted by atomic mass is 16.5. The maximum atomic E-state index is 12.5. The van der Waals surface area contributed by atoms with Gasteiger partial charge in [0, 0.05) is 26.6 Å². The predicted octanol–water partition coefficient (Wildman–Crippen LogP) is 0.326. The van der Waals surface area contributed by atoms with Gasteiger partial charge in [-0.3, -0.25) is 19.3 Å². The molecule has 1 saturated carbocycles. The third kappa shape index (κ3) is 4.72. The van der Waals surface area contributed by atoms with Crippen LogP contribution in [-0.2, 0) is 23.9 Å². The van der Waals surface area contributed by atoms with Crippen molar-refractivity contribution >= 4 is 23.8 Å². The minimum Gasteiger partial charge on any atom is -0.453 e. The molecule has 0 aromatic rings. The predicted molar refractivity (Wildman–Crippen MR) is 91.1 cm³/mol. The van der Waals surface area contributed by atoms with E-state index < -0.39 is 29.6 Å². The molecule has 26 heavy (non-hydrogen) atoms. The molecule has 1 aliphatic heterocycles. The number of hydrogen-bond acceptors (Lipinski definition) is 6. The topological polar surface area (TPSA) is 114 Å². The fourth-order valence-corrected chi connectivity index (χ4v) is 3.31. The van der Waals surface area contributed by atoms with Gasteiger partial charge in [0.1, 0.15) is 5.54 Å². The summed E-state index contributed by atoms with van der Waals surface area (Å²) in [6.45, 7) is 2.36. The number of methoxy groups -OCH3 is 1. The molecule has 0 aromatic carbocycles. The Hall–Kier alpha value is -2.16. The van der Waals surface area contributed by atoms with Crippen LogP contribution >= 0.6 is 0 Å². The Bertz CT molecular complexity index is 559. The standard InChI is InChI=1S/C17H27N3O6/c1-12(14(22)18-9-11-25-2)26-13(21)6-5-10-20-15(23)17(19-16(20)24)7-3-4-8-17/h12H,3-11H2,1-2H3,(H,18,22)(H,19,24)/t12-/m0/s1. The lowest BCUT2D eigenvalue weighted by Crippen LogP contribution is -2.44. The first kappa shape index (κ1) is 20.2. The zero-order valence-corrected chi connectivity index (χ0v) is 15.3. The SMILES string of the molecule is COCCNC(=O)[C@H](C)OC(=O)CCCN1C(=O)NC2(CCCC2)C1=O. The Morgan fingerprint density at radius 2 is 2.00 bits per heavy atom. The van der Waals surface area contributed by atoms with Crippen molar-refractivity contribution in [1.82, 2.24) is 15.5 Å². The van der Waals surface area contributed by atoms with Crippen LogP contribution in [0, 0.1) is 0 Å². The number of carbonyl (C=O) groups excluding carboxylic acids is 4. The van der Waals surface area contributed by atoms with E-state index in [-0.39, 0.29) is 18.9 Å². The van der Waals surface area contributed by atoms with E-state index in [4.69, 9.17) is 9.47 Å². The summed E-state index contributed by atoms with van der Waals surface area (Å²) in [7, 11) is 1.52. The van der Waals surface area contributed by atoms with E-state index in [0.29, 0.717) is 32.4 Å². The monoisotopic (exact) mass is 369 g/mol. The number of nitrogens with one attached hydrogen (secondary N) is 2. The van der Waals surface area contributed by atoms with Crippen LogP contribution in [0.4, 0.5) is 4.79 Å². The number of hydrogen-bond donors (Lipinski definition) is 2. The Morgan fingerprint density at radius 1 is 1.31 bits per heavy atom. The van der Waals surface area contributed by atoms with Gasteiger partial charge in [0.2, 0.25) is 0 Å². The number of esters is 1. The molecule has 0 bridgehead atoms. The zero-order chi connectivity index (χ0) is 19.2. The lowest BCUT2D eigenvalue weighted by Gasteiger charge is -2.20. The van der Waals surface area contributed by atoms with Gasteiger partial charge in [0.25, 0.3) is 11.8 Å². The molecule has 2 rings (SSSR count). The van der Waals surface area contributed by atoms with Gasteiger partial charge in [-0.15, -0.1) is 0 Å². The largest absolute Gasteiger partial charge is 0.453 e. The number of carbonyl (C=O) groups is 4. The fraction of sp³-hybridized carbons (Fsp3) is 0.765. The average molecular weight is 369 g/mol. The van der Waals surface area contributed by atoms with Crippen molar-refractivity contribution in [3.63, 3.8) is 0 Å². The van der Waals surface area contributed by atoms with Crippen molar-refractivity contribution in [3.8, 4) is 0 Å². The normalized spacial score (nSPS) is 19.5. The third-order valence-electron chi connectivity index (χ3n) is 4.75. The smallest absolute Gasteiger partial charge is 0.325 e. The molecule has 9 heteroatoms. The molecular formula is C17H27N3O6. The molecule has 1 spiro atoms. The molecule has 2 aliphatic rings. The van der Waals surface area contributed by atoms with Gasteiger partial charge < -0.3 is 20.1 Å². The summed E-state index contributed by atoms with van der Waals surface area (Å²) in [5.41, 5.74) is -0.730. The lowest BCUT2D eigenvalue weighted by molar-refractivity contribution is -0.155. The number of ether oxygens (including phenoxy) is 2. The highest BCUT2D eigenvalue weighted by molar-refractivity contribution is 6.07. The van der Waals surface area contributed by atoms with Crippen molar-refractivity contribution in [3.05, 3.63) is 0 Å². The summed E-state index contributed by atoms with van der Waals surface area (Å²) in [6, 6.07) is -0.392. The van der Waals surface area contributed by atoms with Gasteiger partial charge in [0.05, 0.1) is 6.61 Å². The second kappa shape index (κ2) is 8.98. The third-order valence-corrected chi connectivity index (χ3v) is 4.75. The van der Waals surface area contributed by atoms with Crippen LogP contribution in [0.25, 0.3) is 0 Å². The molecule has 146 valence electrons. The van der Waals surface area contributed by atoms with E-state index >= 15 is 0 Å². The first-order valence-corrected chi connectivity index (χ1v) is 9.00. The van der Waals surface area contributed by atoms with Gasteiger partial charge in [-0.05, 0) is 26.2 Å². The van der Waals surface area contributed by atoms with Crippen LogP contribution in [0.5, 0.6) is 0 Å². The Morgan fingerprint density at radius 3 is 2.65 bits per heavy atom. The summed E-state index contributed by atoms with van der Waals surface area (Å²) in [6.07, 6.45) is 2.62. The van der Waals surface area contributed by atoms with Crippen molar-refractivity contribution in [2.75, 3.05) is 26.8 Å². The van der Waals surface area contributed by atoms with Gasteiger partial charge in [-0.25, -0.2) is 4.79 Å². The van der Waals surface area contributed by atoms with Gasteiger partial charge in [-0.2, -0.15) is 0 Å². The zero-order valence-electron chi connectivity index (χ0n) is 15.3. The molecule has 1 atom stereocenters. The number of imide groups is 1. The minimum absolute atomic E-state index is 0.0275. The van der Waals surface area contributed by atoms with Crippen molar-refractivity contribution in [2.45, 2.75) is 57.1 Å². The Balaban J connectivity index is 1.70. The summed E-state index contributed by atoms with van der Waals surface area (Å²) < 4.78 is 9.88. The van der Waals surface area contributed by atoms with Crippen LogP contribution in [0.3, 0.4) is 0 Å². The van der Waals surface area contributed by atoms with E-state index in [0.717, 1.165) is 12.8 Å². The summed E-state index contributed by atoms with van der Waals surface area (Å²) in [4.78, 5) is 49.2. The molecule has 2 fully saturated rings. The quantitative estimate of drug-likeness (QED) is 0.344. The average Bonchev–Trinajstić information content (AvgIpc) is 3.15. The maximum absolute atomic E-state index is 12.5. The van der Waals surface area contributed by atoms with Crippen LogP contribution in [0.15, 0.2) is 0 Å². The highest BCUT2D eigenvalue weighted by Gasteiger charge is 2.52. The number of amides is 4. The molecule has 0 radical (unpaired) electrons.